The van der Waals surface area contributed by atoms with Crippen LogP contribution in [-0.4, -0.2) is 16.7 Å². The van der Waals surface area contributed by atoms with E-state index in [-0.39, 0.29) is 5.78 Å². The van der Waals surface area contributed by atoms with Crippen LogP contribution >= 0.6 is 0 Å². The molecule has 1 N–H and O–H groups in total. The smallest absolute Gasteiger partial charge is 0.339 e. The van der Waals surface area contributed by atoms with Gasteiger partial charge in [-0.25, -0.2) is 4.79 Å². The van der Waals surface area contributed by atoms with Gasteiger partial charge in [-0.1, -0.05) is 73.2 Å². The number of ketones is 1. The van der Waals surface area contributed by atoms with Crippen molar-refractivity contribution in [3.63, 3.8) is 0 Å². The summed E-state index contributed by atoms with van der Waals surface area (Å²) >= 11 is 0. The Hall–Kier alpha value is -3.66. The Bertz CT molecular complexity index is 1210. The van der Waals surface area contributed by atoms with Gasteiger partial charge in [0, 0.05) is 28.2 Å². The van der Waals surface area contributed by atoms with Gasteiger partial charge in [0.15, 0.2) is 6.10 Å². The lowest BCUT2D eigenvalue weighted by molar-refractivity contribution is 0.0280. The van der Waals surface area contributed by atoms with Crippen molar-refractivity contribution in [2.75, 3.05) is 0 Å². The number of aromatic nitrogens is 1. The second-order valence-corrected chi connectivity index (χ2v) is 7.33. The first-order chi connectivity index (χ1) is 14.6. The molecule has 4 aromatic rings. The molecule has 4 nitrogen and oxygen atoms in total. The van der Waals surface area contributed by atoms with Gasteiger partial charge in [-0.3, -0.25) is 4.79 Å². The number of Topliss-reactive ketones (excluding diaryl/α,β-unsaturated/α-hetero) is 1. The maximum Gasteiger partial charge on any atom is 0.339 e. The number of H-pyrrole nitrogens is 1. The van der Waals surface area contributed by atoms with Crippen LogP contribution in [0.15, 0.2) is 79.0 Å². The average molecular weight is 397 g/mol. The van der Waals surface area contributed by atoms with Crippen molar-refractivity contribution in [1.29, 1.82) is 0 Å². The van der Waals surface area contributed by atoms with Crippen molar-refractivity contribution in [1.82, 2.24) is 4.98 Å². The van der Waals surface area contributed by atoms with Crippen molar-refractivity contribution in [2.45, 2.75) is 26.4 Å². The molecule has 3 aromatic carbocycles. The third-order valence-electron chi connectivity index (χ3n) is 5.27. The van der Waals surface area contributed by atoms with Crippen molar-refractivity contribution in [3.8, 4) is 0 Å². The lowest BCUT2D eigenvalue weighted by atomic mass is 9.98. The van der Waals surface area contributed by atoms with E-state index in [4.69, 9.17) is 4.74 Å². The van der Waals surface area contributed by atoms with E-state index in [2.05, 4.69) is 11.9 Å². The molecule has 0 aliphatic rings. The van der Waals surface area contributed by atoms with Crippen LogP contribution in [0.25, 0.3) is 10.9 Å². The van der Waals surface area contributed by atoms with Crippen LogP contribution in [0.5, 0.6) is 0 Å². The molecule has 0 aliphatic carbocycles. The van der Waals surface area contributed by atoms with Gasteiger partial charge < -0.3 is 9.72 Å². The zero-order valence-corrected chi connectivity index (χ0v) is 17.0. The number of hydrogen-bond donors (Lipinski definition) is 1. The molecule has 0 spiro atoms. The van der Waals surface area contributed by atoms with Gasteiger partial charge in [0.25, 0.3) is 0 Å². The molecule has 4 rings (SSSR count). The highest BCUT2D eigenvalue weighted by Crippen LogP contribution is 2.29. The first kappa shape index (κ1) is 19.6. The fourth-order valence-corrected chi connectivity index (χ4v) is 3.70. The lowest BCUT2D eigenvalue weighted by Gasteiger charge is -2.17. The van der Waals surface area contributed by atoms with Gasteiger partial charge in [0.1, 0.15) is 0 Å². The molecule has 1 aromatic heterocycles. The fourth-order valence-electron chi connectivity index (χ4n) is 3.70. The van der Waals surface area contributed by atoms with E-state index in [1.807, 2.05) is 49.4 Å². The fraction of sp³-hybridized carbons (Fsp3) is 0.154. The van der Waals surface area contributed by atoms with Crippen LogP contribution in [0, 0.1) is 6.92 Å². The molecule has 1 heterocycles. The highest BCUT2D eigenvalue weighted by molar-refractivity contribution is 6.11. The minimum absolute atomic E-state index is 0.248. The van der Waals surface area contributed by atoms with Gasteiger partial charge in [-0.2, -0.15) is 0 Å². The third kappa shape index (κ3) is 3.77. The van der Waals surface area contributed by atoms with Crippen molar-refractivity contribution >= 4 is 22.7 Å². The first-order valence-electron chi connectivity index (χ1n) is 10.0. The number of para-hydroxylation sites is 1. The standard InChI is InChI=1S/C26H23NO3/c1-3-18-12-8-14-21-22(16-27-23(18)21)24(28)25(19-10-5-4-6-11-19)30-26(29)20-13-7-9-17(2)15-20/h4-16,25,27H,3H2,1-2H3/t25-/m0/s1. The Kier molecular flexibility index (Phi) is 5.48. The number of aromatic amines is 1. The summed E-state index contributed by atoms with van der Waals surface area (Å²) in [6.07, 6.45) is 1.54. The SMILES string of the molecule is CCc1cccc2c(C(=O)[C@@H](OC(=O)c3cccc(C)c3)c3ccccc3)c[nH]c12. The summed E-state index contributed by atoms with van der Waals surface area (Å²) < 4.78 is 5.77. The molecule has 0 unspecified atom stereocenters. The average Bonchev–Trinajstić information content (AvgIpc) is 3.22. The van der Waals surface area contributed by atoms with Gasteiger partial charge >= 0.3 is 5.97 Å². The molecule has 30 heavy (non-hydrogen) atoms. The highest BCUT2D eigenvalue weighted by Gasteiger charge is 2.28. The molecule has 0 radical (unpaired) electrons. The number of ether oxygens (including phenoxy) is 1. The number of nitrogens with one attached hydrogen (secondary N) is 1. The Balaban J connectivity index is 1.73. The largest absolute Gasteiger partial charge is 0.445 e. The van der Waals surface area contributed by atoms with Crippen LogP contribution in [-0.2, 0) is 11.2 Å². The molecule has 0 fully saturated rings. The second-order valence-electron chi connectivity index (χ2n) is 7.33. The van der Waals surface area contributed by atoms with Crippen LogP contribution < -0.4 is 0 Å². The van der Waals surface area contributed by atoms with Crippen LogP contribution in [0.2, 0.25) is 0 Å². The number of rotatable bonds is 6. The highest BCUT2D eigenvalue weighted by atomic mass is 16.5. The third-order valence-corrected chi connectivity index (χ3v) is 5.27. The summed E-state index contributed by atoms with van der Waals surface area (Å²) in [5, 5.41) is 0.840. The molecule has 0 saturated carbocycles. The molecule has 0 saturated heterocycles. The van der Waals surface area contributed by atoms with E-state index >= 15 is 0 Å². The number of carbonyl (C=O) groups is 2. The Labute approximate surface area is 175 Å². The summed E-state index contributed by atoms with van der Waals surface area (Å²) in [5.41, 5.74) is 4.63. The van der Waals surface area contributed by atoms with Gasteiger partial charge in [0.05, 0.1) is 5.56 Å². The summed E-state index contributed by atoms with van der Waals surface area (Å²) in [6.45, 7) is 3.99. The zero-order valence-electron chi connectivity index (χ0n) is 17.0. The van der Waals surface area contributed by atoms with Crippen LogP contribution in [0.3, 0.4) is 0 Å². The Morgan fingerprint density at radius 2 is 1.73 bits per heavy atom. The number of fused-ring (bicyclic) bond motifs is 1. The van der Waals surface area contributed by atoms with Crippen LogP contribution in [0.1, 0.15) is 50.4 Å². The van der Waals surface area contributed by atoms with E-state index in [0.717, 1.165) is 28.5 Å². The minimum atomic E-state index is -1.02. The molecule has 0 bridgehead atoms. The van der Waals surface area contributed by atoms with Crippen molar-refractivity contribution in [3.05, 3.63) is 107 Å². The number of hydrogen-bond acceptors (Lipinski definition) is 3. The minimum Gasteiger partial charge on any atom is -0.445 e. The first-order valence-corrected chi connectivity index (χ1v) is 10.0. The molecule has 4 heteroatoms. The maximum atomic E-state index is 13.6. The van der Waals surface area contributed by atoms with Gasteiger partial charge in [-0.15, -0.1) is 0 Å². The number of carbonyl (C=O) groups excluding carboxylic acids is 2. The monoisotopic (exact) mass is 397 g/mol. The Morgan fingerprint density at radius 3 is 2.47 bits per heavy atom. The number of esters is 1. The van der Waals surface area contributed by atoms with E-state index < -0.39 is 12.1 Å². The van der Waals surface area contributed by atoms with E-state index in [1.165, 1.54) is 0 Å². The quantitative estimate of drug-likeness (QED) is 0.329. The predicted octanol–water partition coefficient (Wildman–Crippen LogP) is 5.82. The summed E-state index contributed by atoms with van der Waals surface area (Å²) in [7, 11) is 0. The zero-order chi connectivity index (χ0) is 21.1. The molecule has 150 valence electrons. The predicted molar refractivity (Wildman–Crippen MR) is 118 cm³/mol. The number of benzene rings is 3. The van der Waals surface area contributed by atoms with Gasteiger partial charge in [-0.05, 0) is 31.0 Å². The van der Waals surface area contributed by atoms with Crippen molar-refractivity contribution < 1.29 is 14.3 Å². The van der Waals surface area contributed by atoms with E-state index in [1.54, 1.807) is 36.5 Å². The second kappa shape index (κ2) is 8.37. The molecule has 0 amide bonds. The molecular weight excluding hydrogens is 374 g/mol. The molecule has 1 atom stereocenters. The van der Waals surface area contributed by atoms with Crippen LogP contribution in [0.4, 0.5) is 0 Å². The topological polar surface area (TPSA) is 59.2 Å². The molecular formula is C26H23NO3. The van der Waals surface area contributed by atoms with E-state index in [0.29, 0.717) is 16.7 Å². The summed E-state index contributed by atoms with van der Waals surface area (Å²) in [5.74, 6) is -0.767. The summed E-state index contributed by atoms with van der Waals surface area (Å²) in [6, 6.07) is 22.2. The maximum absolute atomic E-state index is 13.6. The number of aryl methyl sites for hydroxylation is 2. The van der Waals surface area contributed by atoms with E-state index in [9.17, 15) is 9.59 Å². The Morgan fingerprint density at radius 1 is 0.967 bits per heavy atom. The van der Waals surface area contributed by atoms with Gasteiger partial charge in [0.2, 0.25) is 5.78 Å². The van der Waals surface area contributed by atoms with Crippen molar-refractivity contribution in [2.24, 2.45) is 0 Å². The normalized spacial score (nSPS) is 11.9. The summed E-state index contributed by atoms with van der Waals surface area (Å²) in [4.78, 5) is 29.6. The molecule has 0 aliphatic heterocycles. The lowest BCUT2D eigenvalue weighted by Crippen LogP contribution is -2.20.